The largest absolute Gasteiger partial charge is 0.297 e. The van der Waals surface area contributed by atoms with Crippen molar-refractivity contribution in [3.05, 3.63) is 51.0 Å². The minimum Gasteiger partial charge on any atom is -0.297 e. The Morgan fingerprint density at radius 3 is 2.71 bits per heavy atom. The zero-order valence-corrected chi connectivity index (χ0v) is 16.5. The number of hydrogen-bond acceptors (Lipinski definition) is 7. The third-order valence-corrected chi connectivity index (χ3v) is 6.57. The summed E-state index contributed by atoms with van der Waals surface area (Å²) in [6, 6.07) is 5.14. The molecule has 0 unspecified atom stereocenters. The molecule has 146 valence electrons. The van der Waals surface area contributed by atoms with Crippen LogP contribution in [-0.4, -0.2) is 47.7 Å². The third kappa shape index (κ3) is 3.90. The van der Waals surface area contributed by atoms with E-state index in [9.17, 15) is 4.79 Å². The van der Waals surface area contributed by atoms with Crippen LogP contribution in [0.15, 0.2) is 35.4 Å². The van der Waals surface area contributed by atoms with E-state index in [-0.39, 0.29) is 5.56 Å². The number of aromatic nitrogens is 6. The molecule has 3 aromatic heterocycles. The zero-order valence-electron chi connectivity index (χ0n) is 15.6. The third-order valence-electron chi connectivity index (χ3n) is 5.50. The van der Waals surface area contributed by atoms with Gasteiger partial charge in [-0.25, -0.2) is 9.36 Å². The number of likely N-dealkylation sites (tertiary alicyclic amines) is 1. The van der Waals surface area contributed by atoms with Gasteiger partial charge >= 0.3 is 0 Å². The van der Waals surface area contributed by atoms with E-state index in [0.29, 0.717) is 24.2 Å². The molecule has 2 aliphatic rings. The Hall–Kier alpha value is -2.39. The van der Waals surface area contributed by atoms with Crippen LogP contribution in [0.2, 0.25) is 0 Å². The first-order chi connectivity index (χ1) is 13.7. The van der Waals surface area contributed by atoms with Gasteiger partial charge < -0.3 is 0 Å². The first-order valence-electron chi connectivity index (χ1n) is 9.87. The van der Waals surface area contributed by atoms with Crippen molar-refractivity contribution >= 4 is 11.3 Å². The van der Waals surface area contributed by atoms with Gasteiger partial charge in [0.1, 0.15) is 10.0 Å². The average Bonchev–Trinajstić information content (AvgIpc) is 3.21. The Balaban J connectivity index is 1.18. The Morgan fingerprint density at radius 1 is 1.11 bits per heavy atom. The van der Waals surface area contributed by atoms with Gasteiger partial charge in [-0.1, -0.05) is 11.3 Å². The van der Waals surface area contributed by atoms with Crippen molar-refractivity contribution in [1.82, 2.24) is 34.7 Å². The molecule has 0 bridgehead atoms. The summed E-state index contributed by atoms with van der Waals surface area (Å²) < 4.78 is 3.26. The Bertz CT molecular complexity index is 984. The fourth-order valence-electron chi connectivity index (χ4n) is 3.68. The Morgan fingerprint density at radius 2 is 1.96 bits per heavy atom. The van der Waals surface area contributed by atoms with Gasteiger partial charge in [0.05, 0.1) is 6.54 Å². The molecule has 5 rings (SSSR count). The first kappa shape index (κ1) is 17.7. The maximum Gasteiger partial charge on any atom is 0.266 e. The van der Waals surface area contributed by atoms with E-state index in [2.05, 4.69) is 25.3 Å². The summed E-state index contributed by atoms with van der Waals surface area (Å²) in [5.41, 5.74) is -0.0557. The molecule has 1 saturated carbocycles. The van der Waals surface area contributed by atoms with Crippen LogP contribution in [0.3, 0.4) is 0 Å². The lowest BCUT2D eigenvalue weighted by Gasteiger charge is -2.31. The van der Waals surface area contributed by atoms with Crippen molar-refractivity contribution < 1.29 is 0 Å². The minimum absolute atomic E-state index is 0.0557. The van der Waals surface area contributed by atoms with Crippen LogP contribution in [0.1, 0.15) is 41.6 Å². The van der Waals surface area contributed by atoms with Crippen LogP contribution in [0.5, 0.6) is 0 Å². The topological polar surface area (TPSA) is 81.7 Å². The molecule has 8 nitrogen and oxygen atoms in total. The van der Waals surface area contributed by atoms with Gasteiger partial charge in [-0.2, -0.15) is 5.10 Å². The second kappa shape index (κ2) is 7.56. The van der Waals surface area contributed by atoms with Crippen LogP contribution in [0, 0.1) is 5.92 Å². The van der Waals surface area contributed by atoms with Gasteiger partial charge in [-0.15, -0.1) is 15.3 Å². The van der Waals surface area contributed by atoms with E-state index >= 15 is 0 Å². The molecular formula is C19H23N7OS. The maximum atomic E-state index is 12.2. The highest BCUT2D eigenvalue weighted by molar-refractivity contribution is 7.11. The summed E-state index contributed by atoms with van der Waals surface area (Å²) in [5, 5.41) is 19.7. The molecule has 2 fully saturated rings. The lowest BCUT2D eigenvalue weighted by Crippen LogP contribution is -2.36. The fraction of sp³-hybridized carbons (Fsp3) is 0.526. The average molecular weight is 398 g/mol. The summed E-state index contributed by atoms with van der Waals surface area (Å²) in [7, 11) is 0. The standard InChI is InChI=1S/C19H23N7OS/c27-18-5-4-16(25-9-1-8-20-25)23-26(18)12-14-6-10-24(11-7-14)13-17-21-22-19(28-17)15-2-3-15/h1,4-5,8-9,14-15H,2-3,6-7,10-13H2. The second-order valence-electron chi connectivity index (χ2n) is 7.69. The predicted octanol–water partition coefficient (Wildman–Crippen LogP) is 2.07. The number of hydrogen-bond donors (Lipinski definition) is 0. The van der Waals surface area contributed by atoms with E-state index in [1.807, 2.05) is 12.3 Å². The van der Waals surface area contributed by atoms with Gasteiger partial charge in [-0.3, -0.25) is 9.69 Å². The van der Waals surface area contributed by atoms with E-state index in [0.717, 1.165) is 37.5 Å². The molecule has 1 saturated heterocycles. The van der Waals surface area contributed by atoms with Crippen LogP contribution >= 0.6 is 11.3 Å². The minimum atomic E-state index is -0.0557. The highest BCUT2D eigenvalue weighted by Crippen LogP contribution is 2.41. The molecule has 0 amide bonds. The van der Waals surface area contributed by atoms with Crippen molar-refractivity contribution in [2.75, 3.05) is 13.1 Å². The van der Waals surface area contributed by atoms with Crippen LogP contribution in [-0.2, 0) is 13.1 Å². The Kier molecular flexibility index (Phi) is 4.77. The molecule has 1 aliphatic heterocycles. The van der Waals surface area contributed by atoms with Gasteiger partial charge in [0.2, 0.25) is 0 Å². The van der Waals surface area contributed by atoms with Gasteiger partial charge in [0, 0.05) is 30.9 Å². The molecule has 3 aromatic rings. The molecule has 0 aromatic carbocycles. The maximum absolute atomic E-state index is 12.2. The van der Waals surface area contributed by atoms with Crippen LogP contribution in [0.4, 0.5) is 0 Å². The lowest BCUT2D eigenvalue weighted by atomic mass is 9.97. The highest BCUT2D eigenvalue weighted by atomic mass is 32.1. The van der Waals surface area contributed by atoms with E-state index in [4.69, 9.17) is 0 Å². The predicted molar refractivity (Wildman–Crippen MR) is 106 cm³/mol. The molecule has 0 atom stereocenters. The SMILES string of the molecule is O=c1ccc(-n2cccn2)nn1CC1CCN(Cc2nnc(C3CC3)s2)CC1. The van der Waals surface area contributed by atoms with Crippen molar-refractivity contribution in [2.45, 2.75) is 44.7 Å². The fourth-order valence-corrected chi connectivity index (χ4v) is 4.74. The summed E-state index contributed by atoms with van der Waals surface area (Å²) >= 11 is 1.78. The van der Waals surface area contributed by atoms with Gasteiger partial charge in [-0.05, 0) is 56.8 Å². The summed E-state index contributed by atoms with van der Waals surface area (Å²) in [4.78, 5) is 14.7. The molecule has 28 heavy (non-hydrogen) atoms. The summed E-state index contributed by atoms with van der Waals surface area (Å²) in [6.45, 7) is 3.60. The van der Waals surface area contributed by atoms with Crippen molar-refractivity contribution in [1.29, 1.82) is 0 Å². The van der Waals surface area contributed by atoms with E-state index in [1.54, 1.807) is 39.0 Å². The lowest BCUT2D eigenvalue weighted by molar-refractivity contribution is 0.163. The highest BCUT2D eigenvalue weighted by Gasteiger charge is 2.28. The first-order valence-corrected chi connectivity index (χ1v) is 10.7. The monoisotopic (exact) mass is 397 g/mol. The van der Waals surface area contributed by atoms with Gasteiger partial charge in [0.15, 0.2) is 5.82 Å². The normalized spacial score (nSPS) is 18.6. The summed E-state index contributed by atoms with van der Waals surface area (Å²) in [6.07, 6.45) is 8.21. The molecule has 0 radical (unpaired) electrons. The van der Waals surface area contributed by atoms with Crippen molar-refractivity contribution in [3.63, 3.8) is 0 Å². The molecule has 0 N–H and O–H groups in total. The van der Waals surface area contributed by atoms with E-state index in [1.165, 1.54) is 17.8 Å². The zero-order chi connectivity index (χ0) is 18.9. The van der Waals surface area contributed by atoms with Crippen LogP contribution in [0.25, 0.3) is 5.82 Å². The second-order valence-corrected chi connectivity index (χ2v) is 8.78. The van der Waals surface area contributed by atoms with E-state index < -0.39 is 0 Å². The molecule has 9 heteroatoms. The smallest absolute Gasteiger partial charge is 0.266 e. The molecule has 4 heterocycles. The summed E-state index contributed by atoms with van der Waals surface area (Å²) in [5.74, 6) is 1.82. The van der Waals surface area contributed by atoms with Crippen molar-refractivity contribution in [2.24, 2.45) is 5.92 Å². The number of rotatable bonds is 6. The number of nitrogens with zero attached hydrogens (tertiary/aromatic N) is 7. The Labute approximate surface area is 166 Å². The molecule has 1 aliphatic carbocycles. The number of piperidine rings is 1. The van der Waals surface area contributed by atoms with Crippen LogP contribution < -0.4 is 5.56 Å². The van der Waals surface area contributed by atoms with Gasteiger partial charge in [0.25, 0.3) is 5.56 Å². The quantitative estimate of drug-likeness (QED) is 0.633. The molecular weight excluding hydrogens is 374 g/mol. The van der Waals surface area contributed by atoms with Crippen molar-refractivity contribution in [3.8, 4) is 5.82 Å². The molecule has 0 spiro atoms.